The molecule has 1 aromatic rings. The number of ether oxygens (including phenoxy) is 1. The van der Waals surface area contributed by atoms with Crippen molar-refractivity contribution in [1.82, 2.24) is 9.97 Å². The summed E-state index contributed by atoms with van der Waals surface area (Å²) in [5.41, 5.74) is 1.20. The van der Waals surface area contributed by atoms with Gasteiger partial charge in [0.25, 0.3) is 0 Å². The molecule has 1 unspecified atom stereocenters. The SMILES string of the molecule is CCOC(=O)C(C#N)c1cc(CC)ncn1. The fourth-order valence-corrected chi connectivity index (χ4v) is 1.23. The first-order valence-corrected chi connectivity index (χ1v) is 5.10. The summed E-state index contributed by atoms with van der Waals surface area (Å²) in [4.78, 5) is 19.4. The lowest BCUT2D eigenvalue weighted by Gasteiger charge is -2.08. The minimum atomic E-state index is -0.965. The second-order valence-electron chi connectivity index (χ2n) is 3.10. The zero-order valence-corrected chi connectivity index (χ0v) is 9.30. The maximum absolute atomic E-state index is 11.5. The van der Waals surface area contributed by atoms with Crippen molar-refractivity contribution in [3.8, 4) is 6.07 Å². The van der Waals surface area contributed by atoms with Gasteiger partial charge in [0.05, 0.1) is 18.4 Å². The van der Waals surface area contributed by atoms with Crippen LogP contribution in [0.5, 0.6) is 0 Å². The number of carbonyl (C=O) groups is 1. The minimum Gasteiger partial charge on any atom is -0.465 e. The molecule has 0 fully saturated rings. The van der Waals surface area contributed by atoms with Crippen LogP contribution >= 0.6 is 0 Å². The van der Waals surface area contributed by atoms with Gasteiger partial charge in [-0.05, 0) is 19.4 Å². The van der Waals surface area contributed by atoms with E-state index in [1.165, 1.54) is 6.33 Å². The van der Waals surface area contributed by atoms with Crippen molar-refractivity contribution in [2.45, 2.75) is 26.2 Å². The fourth-order valence-electron chi connectivity index (χ4n) is 1.23. The lowest BCUT2D eigenvalue weighted by molar-refractivity contribution is -0.143. The van der Waals surface area contributed by atoms with E-state index in [0.29, 0.717) is 5.69 Å². The number of hydrogen-bond acceptors (Lipinski definition) is 5. The Labute approximate surface area is 94.1 Å². The molecule has 0 aromatic carbocycles. The van der Waals surface area contributed by atoms with Gasteiger partial charge in [-0.1, -0.05) is 6.92 Å². The van der Waals surface area contributed by atoms with Crippen LogP contribution in [-0.2, 0) is 16.0 Å². The highest BCUT2D eigenvalue weighted by Crippen LogP contribution is 2.14. The van der Waals surface area contributed by atoms with E-state index in [2.05, 4.69) is 9.97 Å². The largest absolute Gasteiger partial charge is 0.465 e. The first kappa shape index (κ1) is 12.1. The van der Waals surface area contributed by atoms with E-state index < -0.39 is 11.9 Å². The van der Waals surface area contributed by atoms with E-state index in [1.807, 2.05) is 13.0 Å². The lowest BCUT2D eigenvalue weighted by atomic mass is 10.1. The van der Waals surface area contributed by atoms with Gasteiger partial charge in [-0.25, -0.2) is 9.97 Å². The molecule has 1 aromatic heterocycles. The normalized spacial score (nSPS) is 11.6. The molecule has 0 aliphatic carbocycles. The van der Waals surface area contributed by atoms with E-state index in [9.17, 15) is 4.79 Å². The summed E-state index contributed by atoms with van der Waals surface area (Å²) in [5.74, 6) is -1.53. The van der Waals surface area contributed by atoms with E-state index in [-0.39, 0.29) is 6.61 Å². The number of esters is 1. The van der Waals surface area contributed by atoms with Crippen LogP contribution in [0.2, 0.25) is 0 Å². The van der Waals surface area contributed by atoms with Gasteiger partial charge in [0.15, 0.2) is 5.92 Å². The number of carbonyl (C=O) groups excluding carboxylic acids is 1. The van der Waals surface area contributed by atoms with Gasteiger partial charge in [0, 0.05) is 5.69 Å². The first-order chi connectivity index (χ1) is 7.72. The molecule has 0 amide bonds. The zero-order chi connectivity index (χ0) is 12.0. The van der Waals surface area contributed by atoms with Crippen molar-refractivity contribution in [3.05, 3.63) is 23.8 Å². The van der Waals surface area contributed by atoms with Crippen molar-refractivity contribution < 1.29 is 9.53 Å². The maximum atomic E-state index is 11.5. The summed E-state index contributed by atoms with van der Waals surface area (Å²) in [5, 5.41) is 8.93. The Bertz CT molecular complexity index is 412. The standard InChI is InChI=1S/C11H13N3O2/c1-3-8-5-10(14-7-13-8)9(6-12)11(15)16-4-2/h5,7,9H,3-4H2,1-2H3. The summed E-state index contributed by atoms with van der Waals surface area (Å²) in [6, 6.07) is 3.55. The number of aromatic nitrogens is 2. The molecular formula is C11H13N3O2. The second-order valence-corrected chi connectivity index (χ2v) is 3.10. The molecule has 0 radical (unpaired) electrons. The highest BCUT2D eigenvalue weighted by molar-refractivity contribution is 5.80. The molecule has 0 aliphatic rings. The average Bonchev–Trinajstić information content (AvgIpc) is 2.31. The van der Waals surface area contributed by atoms with Gasteiger partial charge in [0.1, 0.15) is 6.33 Å². The molecule has 5 heteroatoms. The molecule has 0 spiro atoms. The molecule has 0 saturated heterocycles. The summed E-state index contributed by atoms with van der Waals surface area (Å²) in [7, 11) is 0. The van der Waals surface area contributed by atoms with Crippen LogP contribution in [-0.4, -0.2) is 22.5 Å². The zero-order valence-electron chi connectivity index (χ0n) is 9.30. The average molecular weight is 219 g/mol. The maximum Gasteiger partial charge on any atom is 0.329 e. The number of nitrogens with zero attached hydrogens (tertiary/aromatic N) is 3. The van der Waals surface area contributed by atoms with E-state index in [1.54, 1.807) is 13.0 Å². The van der Waals surface area contributed by atoms with Crippen LogP contribution in [0, 0.1) is 11.3 Å². The number of rotatable bonds is 4. The molecule has 1 atom stereocenters. The van der Waals surface area contributed by atoms with Gasteiger partial charge >= 0.3 is 5.97 Å². The van der Waals surface area contributed by atoms with Crippen molar-refractivity contribution in [2.24, 2.45) is 0 Å². The topological polar surface area (TPSA) is 75.9 Å². The van der Waals surface area contributed by atoms with Gasteiger partial charge in [-0.2, -0.15) is 5.26 Å². The highest BCUT2D eigenvalue weighted by Gasteiger charge is 2.23. The van der Waals surface area contributed by atoms with Crippen LogP contribution in [0.25, 0.3) is 0 Å². The third-order valence-electron chi connectivity index (χ3n) is 2.05. The second kappa shape index (κ2) is 5.81. The Balaban J connectivity index is 2.95. The number of aryl methyl sites for hydroxylation is 1. The van der Waals surface area contributed by atoms with Crippen molar-refractivity contribution in [1.29, 1.82) is 5.26 Å². The summed E-state index contributed by atoms with van der Waals surface area (Å²) < 4.78 is 4.80. The Morgan fingerprint density at radius 2 is 2.31 bits per heavy atom. The number of nitriles is 1. The quantitative estimate of drug-likeness (QED) is 0.711. The molecule has 84 valence electrons. The minimum absolute atomic E-state index is 0.253. The molecule has 0 saturated carbocycles. The van der Waals surface area contributed by atoms with Crippen LogP contribution in [0.15, 0.2) is 12.4 Å². The highest BCUT2D eigenvalue weighted by atomic mass is 16.5. The molecule has 0 aliphatic heterocycles. The lowest BCUT2D eigenvalue weighted by Crippen LogP contribution is -2.16. The smallest absolute Gasteiger partial charge is 0.329 e. The van der Waals surface area contributed by atoms with E-state index >= 15 is 0 Å². The van der Waals surface area contributed by atoms with E-state index in [4.69, 9.17) is 10.00 Å². The Kier molecular flexibility index (Phi) is 4.40. The van der Waals surface area contributed by atoms with Crippen molar-refractivity contribution >= 4 is 5.97 Å². The molecule has 5 nitrogen and oxygen atoms in total. The van der Waals surface area contributed by atoms with Gasteiger partial charge in [0.2, 0.25) is 0 Å². The van der Waals surface area contributed by atoms with Gasteiger partial charge in [-0.3, -0.25) is 4.79 Å². The third kappa shape index (κ3) is 2.76. The molecular weight excluding hydrogens is 206 g/mol. The predicted molar refractivity (Wildman–Crippen MR) is 56.4 cm³/mol. The predicted octanol–water partition coefficient (Wildman–Crippen LogP) is 1.21. The molecule has 16 heavy (non-hydrogen) atoms. The van der Waals surface area contributed by atoms with Crippen LogP contribution in [0.3, 0.4) is 0 Å². The van der Waals surface area contributed by atoms with Crippen LogP contribution in [0.1, 0.15) is 31.2 Å². The Morgan fingerprint density at radius 1 is 1.56 bits per heavy atom. The fraction of sp³-hybridized carbons (Fsp3) is 0.455. The van der Waals surface area contributed by atoms with Gasteiger partial charge < -0.3 is 4.74 Å². The number of hydrogen-bond donors (Lipinski definition) is 0. The summed E-state index contributed by atoms with van der Waals surface area (Å²) in [6.07, 6.45) is 2.09. The van der Waals surface area contributed by atoms with Gasteiger partial charge in [-0.15, -0.1) is 0 Å². The molecule has 1 rings (SSSR count). The van der Waals surface area contributed by atoms with Crippen molar-refractivity contribution in [3.63, 3.8) is 0 Å². The third-order valence-corrected chi connectivity index (χ3v) is 2.05. The Hall–Kier alpha value is -1.96. The molecule has 0 N–H and O–H groups in total. The van der Waals surface area contributed by atoms with Crippen molar-refractivity contribution in [2.75, 3.05) is 6.61 Å². The monoisotopic (exact) mass is 219 g/mol. The Morgan fingerprint density at radius 3 is 2.88 bits per heavy atom. The first-order valence-electron chi connectivity index (χ1n) is 5.10. The summed E-state index contributed by atoms with van der Waals surface area (Å²) in [6.45, 7) is 3.89. The molecule has 1 heterocycles. The molecule has 0 bridgehead atoms. The van der Waals surface area contributed by atoms with Crippen LogP contribution in [0.4, 0.5) is 0 Å². The van der Waals surface area contributed by atoms with E-state index in [0.717, 1.165) is 12.1 Å². The van der Waals surface area contributed by atoms with Crippen LogP contribution < -0.4 is 0 Å². The summed E-state index contributed by atoms with van der Waals surface area (Å²) >= 11 is 0.